The highest BCUT2D eigenvalue weighted by molar-refractivity contribution is 7.89. The predicted octanol–water partition coefficient (Wildman–Crippen LogP) is 0.681. The molecule has 1 saturated heterocycles. The van der Waals surface area contributed by atoms with Gasteiger partial charge in [-0.25, -0.2) is 12.7 Å². The van der Waals surface area contributed by atoms with Crippen molar-refractivity contribution in [3.8, 4) is 11.5 Å². The minimum absolute atomic E-state index is 0.0665. The fourth-order valence-electron chi connectivity index (χ4n) is 3.48. The molecule has 0 unspecified atom stereocenters. The second-order valence-electron chi connectivity index (χ2n) is 7.22. The number of carbonyl (C=O) groups excluding carboxylic acids is 2. The Kier molecular flexibility index (Phi) is 8.48. The molecule has 1 aromatic rings. The van der Waals surface area contributed by atoms with Crippen molar-refractivity contribution in [2.75, 3.05) is 33.1 Å². The van der Waals surface area contributed by atoms with Crippen molar-refractivity contribution in [1.82, 2.24) is 14.9 Å². The molecule has 1 fully saturated rings. The van der Waals surface area contributed by atoms with Crippen LogP contribution in [0.4, 0.5) is 0 Å². The molecule has 2 rings (SSSR count). The summed E-state index contributed by atoms with van der Waals surface area (Å²) in [5, 5.41) is 5.65. The summed E-state index contributed by atoms with van der Waals surface area (Å²) in [5.41, 5.74) is 0.731. The van der Waals surface area contributed by atoms with E-state index in [1.165, 1.54) is 18.3 Å². The van der Waals surface area contributed by atoms with Gasteiger partial charge in [-0.15, -0.1) is 0 Å². The zero-order valence-electron chi connectivity index (χ0n) is 17.9. The third-order valence-electron chi connectivity index (χ3n) is 5.16. The van der Waals surface area contributed by atoms with E-state index >= 15 is 0 Å². The van der Waals surface area contributed by atoms with Gasteiger partial charge in [-0.1, -0.05) is 0 Å². The first-order chi connectivity index (χ1) is 14.2. The van der Waals surface area contributed by atoms with E-state index in [-0.39, 0.29) is 30.0 Å². The van der Waals surface area contributed by atoms with Crippen LogP contribution in [0.25, 0.3) is 0 Å². The normalized spacial score (nSPS) is 16.5. The molecule has 1 atom stereocenters. The molecule has 0 radical (unpaired) electrons. The van der Waals surface area contributed by atoms with E-state index in [1.807, 2.05) is 0 Å². The highest BCUT2D eigenvalue weighted by atomic mass is 32.2. The lowest BCUT2D eigenvalue weighted by molar-refractivity contribution is -0.128. The molecule has 10 heteroatoms. The van der Waals surface area contributed by atoms with Crippen LogP contribution in [-0.4, -0.2) is 69.7 Å². The van der Waals surface area contributed by atoms with E-state index in [0.29, 0.717) is 37.4 Å². The van der Waals surface area contributed by atoms with Gasteiger partial charge in [-0.3, -0.25) is 9.59 Å². The van der Waals surface area contributed by atoms with E-state index in [4.69, 9.17) is 9.47 Å². The van der Waals surface area contributed by atoms with Crippen molar-refractivity contribution in [1.29, 1.82) is 0 Å². The minimum atomic E-state index is -3.22. The fourth-order valence-corrected chi connectivity index (χ4v) is 4.61. The molecule has 1 aliphatic heterocycles. The average Bonchev–Trinajstić information content (AvgIpc) is 2.73. The topological polar surface area (TPSA) is 114 Å². The number of methoxy groups -OCH3 is 2. The van der Waals surface area contributed by atoms with Crippen LogP contribution in [0.1, 0.15) is 32.3 Å². The Morgan fingerprint density at radius 2 is 1.87 bits per heavy atom. The van der Waals surface area contributed by atoms with E-state index in [2.05, 4.69) is 10.6 Å². The Hall–Kier alpha value is -2.33. The van der Waals surface area contributed by atoms with Gasteiger partial charge in [0.15, 0.2) is 0 Å². The van der Waals surface area contributed by atoms with Crippen molar-refractivity contribution < 1.29 is 27.5 Å². The van der Waals surface area contributed by atoms with E-state index in [9.17, 15) is 18.0 Å². The van der Waals surface area contributed by atoms with E-state index < -0.39 is 16.1 Å². The van der Waals surface area contributed by atoms with Crippen molar-refractivity contribution in [3.63, 3.8) is 0 Å². The number of carbonyl (C=O) groups is 2. The van der Waals surface area contributed by atoms with Crippen LogP contribution < -0.4 is 20.1 Å². The number of ether oxygens (including phenoxy) is 2. The summed E-state index contributed by atoms with van der Waals surface area (Å²) in [5.74, 6) is 0.652. The summed E-state index contributed by atoms with van der Waals surface area (Å²) in [7, 11) is -0.134. The number of benzene rings is 1. The molecule has 0 bridgehead atoms. The zero-order chi connectivity index (χ0) is 22.3. The smallest absolute Gasteiger partial charge is 0.243 e. The molecule has 2 N–H and O–H groups in total. The van der Waals surface area contributed by atoms with Crippen LogP contribution in [0.3, 0.4) is 0 Å². The molecule has 0 aromatic heterocycles. The number of amides is 2. The molecule has 30 heavy (non-hydrogen) atoms. The standard InChI is InChI=1S/C20H31N3O6S/c1-5-30(26,27)23-10-8-16(9-11-23)22-20(25)18(21-14(2)24)13-15-12-17(28-3)6-7-19(15)29-4/h6-7,12,16,18H,5,8-11,13H2,1-4H3,(H,21,24)(H,22,25)/t18-/m1/s1. The average molecular weight is 442 g/mol. The van der Waals surface area contributed by atoms with Crippen LogP contribution in [0.5, 0.6) is 11.5 Å². The molecule has 9 nitrogen and oxygen atoms in total. The lowest BCUT2D eigenvalue weighted by atomic mass is 10.0. The lowest BCUT2D eigenvalue weighted by Gasteiger charge is -2.32. The summed E-state index contributed by atoms with van der Waals surface area (Å²) in [6, 6.07) is 4.34. The summed E-state index contributed by atoms with van der Waals surface area (Å²) in [4.78, 5) is 24.6. The van der Waals surface area contributed by atoms with Crippen molar-refractivity contribution in [2.45, 2.75) is 45.2 Å². The monoisotopic (exact) mass is 441 g/mol. The first-order valence-electron chi connectivity index (χ1n) is 9.96. The maximum absolute atomic E-state index is 12.9. The van der Waals surface area contributed by atoms with Crippen LogP contribution in [0.2, 0.25) is 0 Å². The quantitative estimate of drug-likeness (QED) is 0.583. The highest BCUT2D eigenvalue weighted by Crippen LogP contribution is 2.25. The van der Waals surface area contributed by atoms with Crippen molar-refractivity contribution >= 4 is 21.8 Å². The Balaban J connectivity index is 2.07. The number of hydrogen-bond acceptors (Lipinski definition) is 6. The number of sulfonamides is 1. The minimum Gasteiger partial charge on any atom is -0.497 e. The maximum atomic E-state index is 12.9. The van der Waals surface area contributed by atoms with E-state index in [0.717, 1.165) is 5.56 Å². The summed E-state index contributed by atoms with van der Waals surface area (Å²) in [6.45, 7) is 3.72. The first-order valence-corrected chi connectivity index (χ1v) is 11.6. The molecule has 1 aromatic carbocycles. The Morgan fingerprint density at radius 1 is 1.20 bits per heavy atom. The molecule has 2 amide bonds. The number of rotatable bonds is 9. The van der Waals surface area contributed by atoms with Crippen LogP contribution >= 0.6 is 0 Å². The molecule has 0 saturated carbocycles. The second-order valence-corrected chi connectivity index (χ2v) is 9.48. The van der Waals surface area contributed by atoms with Crippen LogP contribution in [0, 0.1) is 0 Å². The molecule has 1 aliphatic rings. The summed E-state index contributed by atoms with van der Waals surface area (Å²) < 4.78 is 36.1. The van der Waals surface area contributed by atoms with Crippen molar-refractivity contribution in [2.24, 2.45) is 0 Å². The van der Waals surface area contributed by atoms with Crippen LogP contribution in [-0.2, 0) is 26.0 Å². The summed E-state index contributed by atoms with van der Waals surface area (Å²) in [6.07, 6.45) is 1.29. The molecule has 0 spiro atoms. The third-order valence-corrected chi connectivity index (χ3v) is 7.05. The fraction of sp³-hybridized carbons (Fsp3) is 0.600. The molecule has 0 aliphatic carbocycles. The van der Waals surface area contributed by atoms with E-state index in [1.54, 1.807) is 32.2 Å². The Morgan fingerprint density at radius 3 is 2.40 bits per heavy atom. The number of piperidine rings is 1. The Labute approximate surface area is 178 Å². The highest BCUT2D eigenvalue weighted by Gasteiger charge is 2.29. The zero-order valence-corrected chi connectivity index (χ0v) is 18.8. The van der Waals surface area contributed by atoms with Gasteiger partial charge in [-0.05, 0) is 38.0 Å². The molecule has 1 heterocycles. The first kappa shape index (κ1) is 23.9. The molecular weight excluding hydrogens is 410 g/mol. The lowest BCUT2D eigenvalue weighted by Crippen LogP contribution is -2.53. The predicted molar refractivity (Wildman–Crippen MR) is 113 cm³/mol. The van der Waals surface area contributed by atoms with Crippen LogP contribution in [0.15, 0.2) is 18.2 Å². The molecule has 168 valence electrons. The number of nitrogens with zero attached hydrogens (tertiary/aromatic N) is 1. The van der Waals surface area contributed by atoms with Gasteiger partial charge >= 0.3 is 0 Å². The third kappa shape index (κ3) is 6.33. The van der Waals surface area contributed by atoms with Gasteiger partial charge in [0.2, 0.25) is 21.8 Å². The van der Waals surface area contributed by atoms with Gasteiger partial charge in [-0.2, -0.15) is 0 Å². The van der Waals surface area contributed by atoms with Gasteiger partial charge < -0.3 is 20.1 Å². The number of nitrogens with one attached hydrogen (secondary N) is 2. The number of hydrogen-bond donors (Lipinski definition) is 2. The SMILES string of the molecule is CCS(=O)(=O)N1CCC(NC(=O)[C@@H](Cc2cc(OC)ccc2OC)NC(C)=O)CC1. The maximum Gasteiger partial charge on any atom is 0.243 e. The van der Waals surface area contributed by atoms with Gasteiger partial charge in [0, 0.05) is 38.0 Å². The summed E-state index contributed by atoms with van der Waals surface area (Å²) >= 11 is 0. The van der Waals surface area contributed by atoms with Gasteiger partial charge in [0.05, 0.1) is 20.0 Å². The Bertz CT molecular complexity index is 850. The van der Waals surface area contributed by atoms with Gasteiger partial charge in [0.25, 0.3) is 0 Å². The van der Waals surface area contributed by atoms with Gasteiger partial charge in [0.1, 0.15) is 17.5 Å². The second kappa shape index (κ2) is 10.6. The molecular formula is C20H31N3O6S. The largest absolute Gasteiger partial charge is 0.497 e. The van der Waals surface area contributed by atoms with Crippen molar-refractivity contribution in [3.05, 3.63) is 23.8 Å².